The van der Waals surface area contributed by atoms with E-state index in [0.29, 0.717) is 6.42 Å². The van der Waals surface area contributed by atoms with E-state index in [4.69, 9.17) is 14.9 Å². The van der Waals surface area contributed by atoms with Gasteiger partial charge in [-0.1, -0.05) is 80.5 Å². The number of esters is 1. The van der Waals surface area contributed by atoms with Crippen LogP contribution in [0.15, 0.2) is 60.8 Å². The van der Waals surface area contributed by atoms with Gasteiger partial charge in [0.05, 0.1) is 6.61 Å². The first kappa shape index (κ1) is 28.1. The zero-order valence-corrected chi connectivity index (χ0v) is 18.8. The summed E-state index contributed by atoms with van der Waals surface area (Å²) in [6, 6.07) is 0. The molecule has 2 N–H and O–H groups in total. The average molecular weight is 419 g/mol. The fraction of sp³-hybridized carbons (Fsp3) is 0.577. The SMILES string of the molecule is CC/C=C\C/C=C\C/C=C\C/C=C\C/C=C\CCCCCCC(=O)OCC(O)CO. The summed E-state index contributed by atoms with van der Waals surface area (Å²) in [5.74, 6) is -0.305. The number of allylic oxidation sites excluding steroid dienone is 10. The lowest BCUT2D eigenvalue weighted by molar-refractivity contribution is -0.147. The Morgan fingerprint density at radius 2 is 1.27 bits per heavy atom. The van der Waals surface area contributed by atoms with Gasteiger partial charge in [-0.05, 0) is 51.4 Å². The minimum absolute atomic E-state index is 0.126. The van der Waals surface area contributed by atoms with E-state index in [1.54, 1.807) is 0 Å². The van der Waals surface area contributed by atoms with Crippen molar-refractivity contribution >= 4 is 5.97 Å². The van der Waals surface area contributed by atoms with Crippen LogP contribution in [0.4, 0.5) is 0 Å². The van der Waals surface area contributed by atoms with Crippen LogP contribution in [0.1, 0.15) is 77.6 Å². The van der Waals surface area contributed by atoms with Crippen LogP contribution in [-0.2, 0) is 9.53 Å². The molecular weight excluding hydrogens is 376 g/mol. The second kappa shape index (κ2) is 23.4. The number of carbonyl (C=O) groups excluding carboxylic acids is 1. The van der Waals surface area contributed by atoms with E-state index in [1.807, 2.05) is 0 Å². The van der Waals surface area contributed by atoms with Gasteiger partial charge in [-0.2, -0.15) is 0 Å². The zero-order valence-electron chi connectivity index (χ0n) is 18.8. The van der Waals surface area contributed by atoms with Crippen molar-refractivity contribution in [3.8, 4) is 0 Å². The normalized spacial score (nSPS) is 13.6. The third-order valence-corrected chi connectivity index (χ3v) is 4.31. The highest BCUT2D eigenvalue weighted by Gasteiger charge is 2.07. The third kappa shape index (κ3) is 22.4. The minimum Gasteiger partial charge on any atom is -0.463 e. The Morgan fingerprint density at radius 3 is 1.80 bits per heavy atom. The van der Waals surface area contributed by atoms with Crippen molar-refractivity contribution in [3.05, 3.63) is 60.8 Å². The number of carbonyl (C=O) groups is 1. The van der Waals surface area contributed by atoms with E-state index < -0.39 is 6.10 Å². The number of unbranched alkanes of at least 4 members (excludes halogenated alkanes) is 4. The van der Waals surface area contributed by atoms with Crippen molar-refractivity contribution in [2.75, 3.05) is 13.2 Å². The van der Waals surface area contributed by atoms with Crippen LogP contribution >= 0.6 is 0 Å². The summed E-state index contributed by atoms with van der Waals surface area (Å²) in [5, 5.41) is 17.7. The number of hydrogen-bond acceptors (Lipinski definition) is 4. The summed E-state index contributed by atoms with van der Waals surface area (Å²) in [6.45, 7) is 1.64. The summed E-state index contributed by atoms with van der Waals surface area (Å²) in [7, 11) is 0. The van der Waals surface area contributed by atoms with Crippen LogP contribution in [0.25, 0.3) is 0 Å². The van der Waals surface area contributed by atoms with Gasteiger partial charge in [0.1, 0.15) is 12.7 Å². The predicted octanol–water partition coefficient (Wildman–Crippen LogP) is 5.97. The topological polar surface area (TPSA) is 66.8 Å². The van der Waals surface area contributed by atoms with E-state index in [1.165, 1.54) is 0 Å². The molecule has 0 saturated carbocycles. The first-order valence-corrected chi connectivity index (χ1v) is 11.4. The molecule has 0 rings (SSSR count). The molecule has 0 aromatic heterocycles. The fourth-order valence-corrected chi connectivity index (χ4v) is 2.57. The molecule has 0 aliphatic carbocycles. The van der Waals surface area contributed by atoms with Crippen LogP contribution in [0, 0.1) is 0 Å². The highest BCUT2D eigenvalue weighted by Crippen LogP contribution is 2.07. The number of hydrogen-bond donors (Lipinski definition) is 2. The summed E-state index contributed by atoms with van der Waals surface area (Å²) in [4.78, 5) is 11.4. The van der Waals surface area contributed by atoms with Gasteiger partial charge < -0.3 is 14.9 Å². The molecule has 0 aromatic rings. The van der Waals surface area contributed by atoms with Gasteiger partial charge >= 0.3 is 5.97 Å². The quantitative estimate of drug-likeness (QED) is 0.154. The van der Waals surface area contributed by atoms with Gasteiger partial charge in [0.25, 0.3) is 0 Å². The van der Waals surface area contributed by atoms with E-state index >= 15 is 0 Å². The standard InChI is InChI=1S/C26H42O4/c1-2-3-4-5-6-7-8-9-10-11-12-13-14-15-16-17-18-19-20-21-22-26(29)30-24-25(28)23-27/h3-4,6-7,9-10,12-13,15-16,25,27-28H,2,5,8,11,14,17-24H2,1H3/b4-3-,7-6-,10-9-,13-12-,16-15-. The molecule has 0 radical (unpaired) electrons. The average Bonchev–Trinajstić information content (AvgIpc) is 2.76. The molecule has 0 amide bonds. The summed E-state index contributed by atoms with van der Waals surface area (Å²) in [6.07, 6.45) is 31.7. The lowest BCUT2D eigenvalue weighted by Crippen LogP contribution is -2.21. The molecule has 1 unspecified atom stereocenters. The van der Waals surface area contributed by atoms with Crippen LogP contribution in [0.3, 0.4) is 0 Å². The Hall–Kier alpha value is -1.91. The highest BCUT2D eigenvalue weighted by atomic mass is 16.5. The molecular formula is C26H42O4. The molecule has 30 heavy (non-hydrogen) atoms. The van der Waals surface area contributed by atoms with Crippen LogP contribution in [0.5, 0.6) is 0 Å². The maximum atomic E-state index is 11.4. The molecule has 4 heteroatoms. The molecule has 0 aliphatic rings. The smallest absolute Gasteiger partial charge is 0.305 e. The maximum absolute atomic E-state index is 11.4. The summed E-state index contributed by atoms with van der Waals surface area (Å²) in [5.41, 5.74) is 0. The largest absolute Gasteiger partial charge is 0.463 e. The first-order valence-electron chi connectivity index (χ1n) is 11.4. The molecule has 0 aromatic carbocycles. The third-order valence-electron chi connectivity index (χ3n) is 4.31. The molecule has 0 aliphatic heterocycles. The van der Waals surface area contributed by atoms with Crippen molar-refractivity contribution in [3.63, 3.8) is 0 Å². The summed E-state index contributed by atoms with van der Waals surface area (Å²) < 4.78 is 4.86. The van der Waals surface area contributed by atoms with Gasteiger partial charge in [-0.3, -0.25) is 4.79 Å². The molecule has 0 spiro atoms. The predicted molar refractivity (Wildman–Crippen MR) is 126 cm³/mol. The Morgan fingerprint density at radius 1 is 0.767 bits per heavy atom. The number of aliphatic hydroxyl groups excluding tert-OH is 2. The van der Waals surface area contributed by atoms with Crippen molar-refractivity contribution in [2.24, 2.45) is 0 Å². The number of aliphatic hydroxyl groups is 2. The molecule has 0 saturated heterocycles. The molecule has 4 nitrogen and oxygen atoms in total. The number of ether oxygens (including phenoxy) is 1. The Labute approximate surface area is 183 Å². The van der Waals surface area contributed by atoms with E-state index in [2.05, 4.69) is 67.7 Å². The van der Waals surface area contributed by atoms with Gasteiger partial charge in [-0.25, -0.2) is 0 Å². The Kier molecular flexibility index (Phi) is 21.9. The minimum atomic E-state index is -0.975. The van der Waals surface area contributed by atoms with E-state index in [-0.39, 0.29) is 19.2 Å². The molecule has 0 heterocycles. The second-order valence-corrected chi connectivity index (χ2v) is 7.18. The van der Waals surface area contributed by atoms with Crippen LogP contribution in [0.2, 0.25) is 0 Å². The molecule has 0 fully saturated rings. The number of rotatable bonds is 19. The highest BCUT2D eigenvalue weighted by molar-refractivity contribution is 5.69. The van der Waals surface area contributed by atoms with Gasteiger partial charge in [0.2, 0.25) is 0 Å². The second-order valence-electron chi connectivity index (χ2n) is 7.18. The van der Waals surface area contributed by atoms with Crippen molar-refractivity contribution in [1.82, 2.24) is 0 Å². The molecule has 1 atom stereocenters. The summed E-state index contributed by atoms with van der Waals surface area (Å²) >= 11 is 0. The van der Waals surface area contributed by atoms with Gasteiger partial charge in [0.15, 0.2) is 0 Å². The van der Waals surface area contributed by atoms with Crippen molar-refractivity contribution in [2.45, 2.75) is 83.7 Å². The van der Waals surface area contributed by atoms with Gasteiger partial charge in [0, 0.05) is 6.42 Å². The monoisotopic (exact) mass is 418 g/mol. The van der Waals surface area contributed by atoms with E-state index in [0.717, 1.165) is 64.2 Å². The maximum Gasteiger partial charge on any atom is 0.305 e. The van der Waals surface area contributed by atoms with Crippen LogP contribution in [-0.4, -0.2) is 35.5 Å². The van der Waals surface area contributed by atoms with Gasteiger partial charge in [-0.15, -0.1) is 0 Å². The Balaban J connectivity index is 3.45. The molecule has 0 bridgehead atoms. The Bertz CT molecular complexity index is 529. The molecule has 170 valence electrons. The van der Waals surface area contributed by atoms with Crippen LogP contribution < -0.4 is 0 Å². The van der Waals surface area contributed by atoms with Crippen molar-refractivity contribution in [1.29, 1.82) is 0 Å². The van der Waals surface area contributed by atoms with E-state index in [9.17, 15) is 4.79 Å². The first-order chi connectivity index (χ1) is 14.7. The van der Waals surface area contributed by atoms with Crippen molar-refractivity contribution < 1.29 is 19.7 Å². The fourth-order valence-electron chi connectivity index (χ4n) is 2.57. The lowest BCUT2D eigenvalue weighted by atomic mass is 10.1. The lowest BCUT2D eigenvalue weighted by Gasteiger charge is -2.08. The zero-order chi connectivity index (χ0) is 22.1.